The fraction of sp³-hybridized carbons (Fsp3) is 0.444. The summed E-state index contributed by atoms with van der Waals surface area (Å²) in [6.07, 6.45) is 4.16. The Hall–Kier alpha value is -2.06. The number of benzene rings is 2. The minimum absolute atomic E-state index is 0.205. The predicted molar refractivity (Wildman–Crippen MR) is 139 cm³/mol. The van der Waals surface area contributed by atoms with Gasteiger partial charge in [0.2, 0.25) is 0 Å². The van der Waals surface area contributed by atoms with Gasteiger partial charge < -0.3 is 14.6 Å². The monoisotopic (exact) mass is 561 g/mol. The molecule has 2 aromatic rings. The molecule has 0 unspecified atom stereocenters. The van der Waals surface area contributed by atoms with Gasteiger partial charge in [-0.2, -0.15) is 0 Å². The molecule has 0 aromatic heterocycles. The van der Waals surface area contributed by atoms with Gasteiger partial charge in [0.1, 0.15) is 18.1 Å². The number of hydrogen-bond donors (Lipinski definition) is 1. The number of nitrogens with zero attached hydrogens (tertiary/aromatic N) is 1. The van der Waals surface area contributed by atoms with E-state index in [9.17, 15) is 4.79 Å². The summed E-state index contributed by atoms with van der Waals surface area (Å²) in [6, 6.07) is 10.6. The number of rotatable bonds is 9. The Morgan fingerprint density at radius 3 is 2.67 bits per heavy atom. The van der Waals surface area contributed by atoms with E-state index in [-0.39, 0.29) is 5.92 Å². The third-order valence-electron chi connectivity index (χ3n) is 6.81. The fourth-order valence-corrected chi connectivity index (χ4v) is 5.69. The third kappa shape index (κ3) is 5.22. The third-order valence-corrected chi connectivity index (χ3v) is 8.00. The highest BCUT2D eigenvalue weighted by molar-refractivity contribution is 14.1. The van der Waals surface area contributed by atoms with Gasteiger partial charge in [0.25, 0.3) is 0 Å². The van der Waals surface area contributed by atoms with Crippen molar-refractivity contribution in [1.82, 2.24) is 4.90 Å². The molecule has 176 valence electrons. The van der Waals surface area contributed by atoms with Gasteiger partial charge >= 0.3 is 5.97 Å². The van der Waals surface area contributed by atoms with Crippen molar-refractivity contribution < 1.29 is 19.4 Å². The molecule has 0 saturated carbocycles. The molecule has 1 heterocycles. The first kappa shape index (κ1) is 24.1. The van der Waals surface area contributed by atoms with E-state index < -0.39 is 5.97 Å². The number of methoxy groups -OCH3 is 1. The maximum atomic E-state index is 11.1. The lowest BCUT2D eigenvalue weighted by atomic mass is 9.85. The number of hydrogen-bond acceptors (Lipinski definition) is 4. The van der Waals surface area contributed by atoms with E-state index in [0.29, 0.717) is 19.7 Å². The molecule has 1 saturated heterocycles. The minimum atomic E-state index is -0.678. The van der Waals surface area contributed by atoms with Crippen molar-refractivity contribution in [3.8, 4) is 11.5 Å². The summed E-state index contributed by atoms with van der Waals surface area (Å²) in [5, 5.41) is 9.12. The van der Waals surface area contributed by atoms with Crippen molar-refractivity contribution in [3.63, 3.8) is 0 Å². The van der Waals surface area contributed by atoms with E-state index in [0.717, 1.165) is 49.3 Å². The quantitative estimate of drug-likeness (QED) is 0.406. The lowest BCUT2D eigenvalue weighted by molar-refractivity contribution is -0.147. The molecule has 0 bridgehead atoms. The average molecular weight is 561 g/mol. The van der Waals surface area contributed by atoms with Gasteiger partial charge in [-0.1, -0.05) is 37.1 Å². The van der Waals surface area contributed by atoms with Gasteiger partial charge in [-0.25, -0.2) is 0 Å². The first-order valence-corrected chi connectivity index (χ1v) is 12.7. The number of carbonyl (C=O) groups is 1. The number of ether oxygens (including phenoxy) is 2. The number of carboxylic acid groups (broad SMARTS) is 1. The van der Waals surface area contributed by atoms with Crippen LogP contribution in [0.5, 0.6) is 11.5 Å². The summed E-state index contributed by atoms with van der Waals surface area (Å²) in [5.74, 6) is 0.914. The van der Waals surface area contributed by atoms with E-state index in [1.165, 1.54) is 31.4 Å². The zero-order chi connectivity index (χ0) is 23.5. The highest BCUT2D eigenvalue weighted by Crippen LogP contribution is 2.38. The van der Waals surface area contributed by atoms with Crippen LogP contribution in [-0.2, 0) is 24.2 Å². The minimum Gasteiger partial charge on any atom is -0.496 e. The number of aliphatic carboxylic acids is 1. The Kier molecular flexibility index (Phi) is 7.64. The van der Waals surface area contributed by atoms with Gasteiger partial charge in [-0.3, -0.25) is 9.69 Å². The SMILES string of the molecule is CCCc1ccc(COc2ccc3c(c2I)CCC(CN2CC(C(=O)O)C2)=C3C)c(OC)c1. The number of fused-ring (bicyclic) bond motifs is 1. The highest BCUT2D eigenvalue weighted by Gasteiger charge is 2.33. The van der Waals surface area contributed by atoms with Crippen LogP contribution in [0.25, 0.3) is 5.57 Å². The molecule has 1 aliphatic carbocycles. The molecule has 5 nitrogen and oxygen atoms in total. The van der Waals surface area contributed by atoms with Gasteiger partial charge in [0.05, 0.1) is 16.6 Å². The second-order valence-corrected chi connectivity index (χ2v) is 10.1. The van der Waals surface area contributed by atoms with Crippen LogP contribution in [0.4, 0.5) is 0 Å². The Balaban J connectivity index is 1.46. The van der Waals surface area contributed by atoms with Crippen molar-refractivity contribution in [1.29, 1.82) is 0 Å². The predicted octanol–water partition coefficient (Wildman–Crippen LogP) is 5.57. The van der Waals surface area contributed by atoms with Crippen molar-refractivity contribution >= 4 is 34.1 Å². The van der Waals surface area contributed by atoms with E-state index >= 15 is 0 Å². The van der Waals surface area contributed by atoms with Crippen LogP contribution in [0.3, 0.4) is 0 Å². The molecular weight excluding hydrogens is 529 g/mol. The highest BCUT2D eigenvalue weighted by atomic mass is 127. The first-order chi connectivity index (χ1) is 15.9. The molecular formula is C27H32INO4. The maximum Gasteiger partial charge on any atom is 0.309 e. The lowest BCUT2D eigenvalue weighted by Crippen LogP contribution is -2.50. The van der Waals surface area contributed by atoms with Crippen LogP contribution in [0.15, 0.2) is 35.9 Å². The summed E-state index contributed by atoms with van der Waals surface area (Å²) in [7, 11) is 1.71. The number of likely N-dealkylation sites (tertiary alicyclic amines) is 1. The standard InChI is InChI=1S/C27H32INO4/c1-4-5-18-6-7-20(25(12-18)32-3)16-33-24-11-10-22-17(2)19(8-9-23(22)26(24)28)13-29-14-21(15-29)27(30)31/h6-7,10-12,21H,4-5,8-9,13-16H2,1-3H3,(H,30,31). The molecule has 0 amide bonds. The van der Waals surface area contributed by atoms with Gasteiger partial charge in [-0.05, 0) is 83.2 Å². The molecule has 0 atom stereocenters. The molecule has 1 aliphatic heterocycles. The van der Waals surface area contributed by atoms with Gasteiger partial charge in [-0.15, -0.1) is 0 Å². The zero-order valence-electron chi connectivity index (χ0n) is 19.6. The largest absolute Gasteiger partial charge is 0.496 e. The van der Waals surface area contributed by atoms with Crippen LogP contribution in [-0.4, -0.2) is 42.7 Å². The topological polar surface area (TPSA) is 59.0 Å². The van der Waals surface area contributed by atoms with Crippen LogP contribution in [0.1, 0.15) is 48.9 Å². The molecule has 1 N–H and O–H groups in total. The summed E-state index contributed by atoms with van der Waals surface area (Å²) >= 11 is 2.42. The van der Waals surface area contributed by atoms with E-state index in [2.05, 4.69) is 71.7 Å². The second-order valence-electron chi connectivity index (χ2n) is 9.05. The number of allylic oxidation sites excluding steroid dienone is 1. The van der Waals surface area contributed by atoms with Crippen LogP contribution < -0.4 is 9.47 Å². The Labute approximate surface area is 209 Å². The molecule has 6 heteroatoms. The lowest BCUT2D eigenvalue weighted by Gasteiger charge is -2.38. The van der Waals surface area contributed by atoms with Gasteiger partial charge in [0.15, 0.2) is 0 Å². The average Bonchev–Trinajstić information content (AvgIpc) is 2.77. The number of aryl methyl sites for hydroxylation is 1. The normalized spacial score (nSPS) is 16.4. The first-order valence-electron chi connectivity index (χ1n) is 11.6. The van der Waals surface area contributed by atoms with E-state index in [1.54, 1.807) is 7.11 Å². The smallest absolute Gasteiger partial charge is 0.309 e. The molecule has 4 rings (SSSR count). The van der Waals surface area contributed by atoms with Crippen molar-refractivity contribution in [2.75, 3.05) is 26.7 Å². The molecule has 0 spiro atoms. The van der Waals surface area contributed by atoms with Crippen molar-refractivity contribution in [3.05, 3.63) is 61.7 Å². The van der Waals surface area contributed by atoms with Crippen molar-refractivity contribution in [2.24, 2.45) is 5.92 Å². The Morgan fingerprint density at radius 1 is 1.18 bits per heavy atom. The summed E-state index contributed by atoms with van der Waals surface area (Å²) in [5.41, 5.74) is 7.74. The molecule has 2 aliphatic rings. The summed E-state index contributed by atoms with van der Waals surface area (Å²) in [4.78, 5) is 13.3. The van der Waals surface area contributed by atoms with Crippen LogP contribution in [0, 0.1) is 9.49 Å². The van der Waals surface area contributed by atoms with Crippen molar-refractivity contribution in [2.45, 2.75) is 46.1 Å². The molecule has 0 radical (unpaired) electrons. The Bertz CT molecular complexity index is 1070. The number of carboxylic acids is 1. The zero-order valence-corrected chi connectivity index (χ0v) is 21.8. The summed E-state index contributed by atoms with van der Waals surface area (Å²) in [6.45, 7) is 7.04. The van der Waals surface area contributed by atoms with Gasteiger partial charge in [0, 0.05) is 25.2 Å². The Morgan fingerprint density at radius 2 is 1.97 bits per heavy atom. The molecule has 2 aromatic carbocycles. The second kappa shape index (κ2) is 10.5. The van der Waals surface area contributed by atoms with E-state index in [1.807, 2.05) is 0 Å². The molecule has 33 heavy (non-hydrogen) atoms. The van der Waals surface area contributed by atoms with Crippen LogP contribution in [0.2, 0.25) is 0 Å². The fourth-order valence-electron chi connectivity index (χ4n) is 4.79. The number of halogens is 1. The van der Waals surface area contributed by atoms with E-state index in [4.69, 9.17) is 14.6 Å². The maximum absolute atomic E-state index is 11.1. The molecule has 1 fully saturated rings. The summed E-state index contributed by atoms with van der Waals surface area (Å²) < 4.78 is 13.0. The van der Waals surface area contributed by atoms with Crippen LogP contribution >= 0.6 is 22.6 Å².